The summed E-state index contributed by atoms with van der Waals surface area (Å²) in [5, 5.41) is 12.9. The second-order valence-electron chi connectivity index (χ2n) is 3.50. The van der Waals surface area contributed by atoms with Gasteiger partial charge in [-0.3, -0.25) is 0 Å². The first-order chi connectivity index (χ1) is 8.62. The molecule has 0 unspecified atom stereocenters. The van der Waals surface area contributed by atoms with Crippen molar-refractivity contribution in [3.05, 3.63) is 35.7 Å². The predicted molar refractivity (Wildman–Crippen MR) is 62.5 cm³/mol. The molecule has 0 fully saturated rings. The third-order valence-corrected chi connectivity index (χ3v) is 3.65. The Morgan fingerprint density at radius 2 is 2.22 bits per heavy atom. The summed E-state index contributed by atoms with van der Waals surface area (Å²) in [5.74, 6) is 0.272. The number of aromatic amines is 1. The summed E-state index contributed by atoms with van der Waals surface area (Å²) < 4.78 is 26.3. The standard InChI is InChI=1S/C9H12N6O2S/c10-5-7-2-1-3-8(4-7)18(16,17)11-6-9-12-14-15-13-9/h1-4,11H,5-6,10H2,(H,12,13,14,15). The van der Waals surface area contributed by atoms with Crippen LogP contribution in [0.4, 0.5) is 0 Å². The van der Waals surface area contributed by atoms with Crippen LogP contribution < -0.4 is 10.5 Å². The van der Waals surface area contributed by atoms with Gasteiger partial charge in [0.1, 0.15) is 0 Å². The molecular formula is C9H12N6O2S. The lowest BCUT2D eigenvalue weighted by molar-refractivity contribution is 0.579. The van der Waals surface area contributed by atoms with E-state index in [-0.39, 0.29) is 23.8 Å². The van der Waals surface area contributed by atoms with Gasteiger partial charge in [-0.25, -0.2) is 13.1 Å². The lowest BCUT2D eigenvalue weighted by Gasteiger charge is -2.06. The zero-order valence-corrected chi connectivity index (χ0v) is 10.2. The molecule has 1 aromatic heterocycles. The second-order valence-corrected chi connectivity index (χ2v) is 5.27. The van der Waals surface area contributed by atoms with E-state index in [9.17, 15) is 8.42 Å². The minimum absolute atomic E-state index is 0.0221. The number of nitrogens with two attached hydrogens (primary N) is 1. The molecule has 9 heteroatoms. The van der Waals surface area contributed by atoms with Crippen LogP contribution in [0.2, 0.25) is 0 Å². The Hall–Kier alpha value is -1.84. The Bertz CT molecular complexity index is 610. The fourth-order valence-electron chi connectivity index (χ4n) is 1.34. The molecule has 0 saturated carbocycles. The monoisotopic (exact) mass is 268 g/mol. The minimum atomic E-state index is -3.60. The highest BCUT2D eigenvalue weighted by atomic mass is 32.2. The number of sulfonamides is 1. The summed E-state index contributed by atoms with van der Waals surface area (Å²) >= 11 is 0. The molecule has 2 aromatic rings. The van der Waals surface area contributed by atoms with Crippen molar-refractivity contribution >= 4 is 10.0 Å². The summed E-state index contributed by atoms with van der Waals surface area (Å²) in [6, 6.07) is 6.43. The van der Waals surface area contributed by atoms with Crippen LogP contribution in [0.15, 0.2) is 29.2 Å². The van der Waals surface area contributed by atoms with E-state index in [1.165, 1.54) is 12.1 Å². The van der Waals surface area contributed by atoms with Gasteiger partial charge in [0.15, 0.2) is 5.82 Å². The van der Waals surface area contributed by atoms with Crippen LogP contribution in [0.25, 0.3) is 0 Å². The maximum absolute atomic E-state index is 12.0. The number of tetrazole rings is 1. The van der Waals surface area contributed by atoms with Crippen LogP contribution in [0.3, 0.4) is 0 Å². The average molecular weight is 268 g/mol. The van der Waals surface area contributed by atoms with Crippen molar-refractivity contribution in [3.8, 4) is 0 Å². The first kappa shape index (κ1) is 12.6. The quantitative estimate of drug-likeness (QED) is 0.647. The van der Waals surface area contributed by atoms with Crippen molar-refractivity contribution in [1.29, 1.82) is 0 Å². The number of hydrogen-bond donors (Lipinski definition) is 3. The number of nitrogens with zero attached hydrogens (tertiary/aromatic N) is 3. The van der Waals surface area contributed by atoms with E-state index >= 15 is 0 Å². The molecule has 8 nitrogen and oxygen atoms in total. The van der Waals surface area contributed by atoms with Crippen molar-refractivity contribution in [1.82, 2.24) is 25.3 Å². The van der Waals surface area contributed by atoms with Crippen molar-refractivity contribution in [3.63, 3.8) is 0 Å². The Morgan fingerprint density at radius 3 is 2.89 bits per heavy atom. The van der Waals surface area contributed by atoms with E-state index in [1.54, 1.807) is 12.1 Å². The molecule has 0 amide bonds. The average Bonchev–Trinajstić information content (AvgIpc) is 2.90. The molecule has 0 spiro atoms. The maximum Gasteiger partial charge on any atom is 0.240 e. The highest BCUT2D eigenvalue weighted by molar-refractivity contribution is 7.89. The van der Waals surface area contributed by atoms with Crippen molar-refractivity contribution < 1.29 is 8.42 Å². The summed E-state index contributed by atoms with van der Waals surface area (Å²) in [6.07, 6.45) is 0. The van der Waals surface area contributed by atoms with Crippen molar-refractivity contribution in [2.45, 2.75) is 18.0 Å². The highest BCUT2D eigenvalue weighted by Crippen LogP contribution is 2.11. The van der Waals surface area contributed by atoms with E-state index < -0.39 is 10.0 Å². The van der Waals surface area contributed by atoms with E-state index in [0.29, 0.717) is 0 Å². The van der Waals surface area contributed by atoms with Gasteiger partial charge in [0.05, 0.1) is 11.4 Å². The lowest BCUT2D eigenvalue weighted by Crippen LogP contribution is -2.24. The molecule has 2 rings (SSSR count). The van der Waals surface area contributed by atoms with Gasteiger partial charge >= 0.3 is 0 Å². The Labute approximate surface area is 104 Å². The molecule has 4 N–H and O–H groups in total. The Balaban J connectivity index is 2.14. The topological polar surface area (TPSA) is 127 Å². The van der Waals surface area contributed by atoms with E-state index in [1.807, 2.05) is 0 Å². The highest BCUT2D eigenvalue weighted by Gasteiger charge is 2.14. The third-order valence-electron chi connectivity index (χ3n) is 2.25. The van der Waals surface area contributed by atoms with Gasteiger partial charge in [0.25, 0.3) is 0 Å². The number of benzene rings is 1. The normalized spacial score (nSPS) is 11.6. The van der Waals surface area contributed by atoms with Gasteiger partial charge in [-0.2, -0.15) is 5.21 Å². The number of nitrogens with one attached hydrogen (secondary N) is 2. The number of rotatable bonds is 5. The van der Waals surface area contributed by atoms with Crippen LogP contribution in [-0.2, 0) is 23.1 Å². The fraction of sp³-hybridized carbons (Fsp3) is 0.222. The van der Waals surface area contributed by atoms with Crippen LogP contribution >= 0.6 is 0 Å². The van der Waals surface area contributed by atoms with Crippen LogP contribution in [-0.4, -0.2) is 29.0 Å². The largest absolute Gasteiger partial charge is 0.326 e. The number of hydrogen-bond acceptors (Lipinski definition) is 6. The van der Waals surface area contributed by atoms with E-state index in [4.69, 9.17) is 5.73 Å². The first-order valence-electron chi connectivity index (χ1n) is 5.13. The van der Waals surface area contributed by atoms with E-state index in [0.717, 1.165) is 5.56 Å². The Kier molecular flexibility index (Phi) is 3.65. The Morgan fingerprint density at radius 1 is 1.39 bits per heavy atom. The van der Waals surface area contributed by atoms with Crippen LogP contribution in [0, 0.1) is 0 Å². The molecule has 1 aromatic carbocycles. The predicted octanol–water partition coefficient (Wildman–Crippen LogP) is -0.863. The summed E-state index contributed by atoms with van der Waals surface area (Å²) in [4.78, 5) is 0.161. The van der Waals surface area contributed by atoms with E-state index in [2.05, 4.69) is 25.3 Å². The van der Waals surface area contributed by atoms with Gasteiger partial charge in [0, 0.05) is 6.54 Å². The van der Waals surface area contributed by atoms with Gasteiger partial charge in [-0.1, -0.05) is 17.3 Å². The smallest absolute Gasteiger partial charge is 0.240 e. The summed E-state index contributed by atoms with van der Waals surface area (Å²) in [5.41, 5.74) is 6.21. The van der Waals surface area contributed by atoms with Crippen molar-refractivity contribution in [2.24, 2.45) is 5.73 Å². The molecule has 0 aliphatic carbocycles. The molecule has 0 saturated heterocycles. The SMILES string of the molecule is NCc1cccc(S(=O)(=O)NCc2nn[nH]n2)c1. The molecule has 0 aliphatic rings. The zero-order valence-electron chi connectivity index (χ0n) is 9.37. The lowest BCUT2D eigenvalue weighted by atomic mass is 10.2. The minimum Gasteiger partial charge on any atom is -0.326 e. The third kappa shape index (κ3) is 2.88. The molecule has 0 atom stereocenters. The van der Waals surface area contributed by atoms with Gasteiger partial charge in [-0.05, 0) is 17.7 Å². The van der Waals surface area contributed by atoms with Crippen LogP contribution in [0.5, 0.6) is 0 Å². The first-order valence-corrected chi connectivity index (χ1v) is 6.61. The maximum atomic E-state index is 12.0. The summed E-state index contributed by atoms with van der Waals surface area (Å²) in [7, 11) is -3.60. The molecule has 0 bridgehead atoms. The molecule has 0 radical (unpaired) electrons. The van der Waals surface area contributed by atoms with Gasteiger partial charge < -0.3 is 5.73 Å². The second kappa shape index (κ2) is 5.21. The van der Waals surface area contributed by atoms with Crippen molar-refractivity contribution in [2.75, 3.05) is 0 Å². The number of H-pyrrole nitrogens is 1. The number of aromatic nitrogens is 4. The molecular weight excluding hydrogens is 256 g/mol. The van der Waals surface area contributed by atoms with Crippen LogP contribution in [0.1, 0.15) is 11.4 Å². The molecule has 0 aliphatic heterocycles. The molecule has 18 heavy (non-hydrogen) atoms. The zero-order chi connectivity index (χ0) is 13.0. The fourth-order valence-corrected chi connectivity index (χ4v) is 2.39. The summed E-state index contributed by atoms with van der Waals surface area (Å²) in [6.45, 7) is 0.264. The van der Waals surface area contributed by atoms with Gasteiger partial charge in [0.2, 0.25) is 10.0 Å². The van der Waals surface area contributed by atoms with Gasteiger partial charge in [-0.15, -0.1) is 10.2 Å². The molecule has 96 valence electrons. The molecule has 1 heterocycles.